The van der Waals surface area contributed by atoms with Crippen LogP contribution in [0.25, 0.3) is 5.52 Å². The van der Waals surface area contributed by atoms with Gasteiger partial charge in [-0.25, -0.2) is 9.50 Å². The second kappa shape index (κ2) is 5.85. The summed E-state index contributed by atoms with van der Waals surface area (Å²) in [6.45, 7) is 3.56. The van der Waals surface area contributed by atoms with Crippen LogP contribution in [-0.4, -0.2) is 47.6 Å². The first-order valence-corrected chi connectivity index (χ1v) is 7.01. The molecule has 6 nitrogen and oxygen atoms in total. The topological polar surface area (TPSA) is 60.7 Å². The number of fused-ring (bicyclic) bond motifs is 1. The number of nitrogens with zero attached hydrogens (tertiary/aromatic N) is 3. The van der Waals surface area contributed by atoms with Gasteiger partial charge in [0.15, 0.2) is 5.82 Å². The van der Waals surface area contributed by atoms with Crippen LogP contribution in [-0.2, 0) is 9.47 Å². The third-order valence-corrected chi connectivity index (χ3v) is 3.60. The van der Waals surface area contributed by atoms with Crippen molar-refractivity contribution < 1.29 is 9.47 Å². The van der Waals surface area contributed by atoms with E-state index in [1.54, 1.807) is 16.9 Å². The maximum Gasteiger partial charge on any atom is 0.153 e. The second-order valence-electron chi connectivity index (χ2n) is 4.46. The van der Waals surface area contributed by atoms with Gasteiger partial charge < -0.3 is 14.8 Å². The van der Waals surface area contributed by atoms with Crippen molar-refractivity contribution in [3.63, 3.8) is 0 Å². The molecular weight excluding hydrogens is 312 g/mol. The van der Waals surface area contributed by atoms with Crippen LogP contribution in [0.1, 0.15) is 0 Å². The van der Waals surface area contributed by atoms with Gasteiger partial charge in [0, 0.05) is 24.9 Å². The predicted molar refractivity (Wildman–Crippen MR) is 74.3 cm³/mol. The molecule has 1 N–H and O–H groups in total. The number of aromatic nitrogens is 3. The van der Waals surface area contributed by atoms with Gasteiger partial charge >= 0.3 is 0 Å². The molecule has 0 aliphatic carbocycles. The lowest BCUT2D eigenvalue weighted by molar-refractivity contribution is 0.103. The summed E-state index contributed by atoms with van der Waals surface area (Å²) in [5.41, 5.74) is 0.943. The van der Waals surface area contributed by atoms with Crippen LogP contribution in [0.5, 0.6) is 0 Å². The van der Waals surface area contributed by atoms with Gasteiger partial charge in [-0.05, 0) is 15.9 Å². The molecule has 0 aromatic carbocycles. The maximum absolute atomic E-state index is 5.48. The van der Waals surface area contributed by atoms with Gasteiger partial charge in [-0.1, -0.05) is 0 Å². The van der Waals surface area contributed by atoms with E-state index < -0.39 is 0 Å². The maximum atomic E-state index is 5.48. The van der Waals surface area contributed by atoms with Crippen LogP contribution >= 0.6 is 15.9 Å². The molecule has 1 aliphatic heterocycles. The molecule has 0 amide bonds. The third kappa shape index (κ3) is 2.88. The first-order valence-electron chi connectivity index (χ1n) is 6.22. The summed E-state index contributed by atoms with van der Waals surface area (Å²) in [6.07, 6.45) is 5.32. The quantitative estimate of drug-likeness (QED) is 0.927. The van der Waals surface area contributed by atoms with Crippen molar-refractivity contribution in [3.8, 4) is 0 Å². The van der Waals surface area contributed by atoms with Crippen LogP contribution in [0, 0.1) is 5.92 Å². The van der Waals surface area contributed by atoms with E-state index in [1.807, 2.05) is 6.20 Å². The fraction of sp³-hybridized carbons (Fsp3) is 0.500. The summed E-state index contributed by atoms with van der Waals surface area (Å²) >= 11 is 3.48. The molecule has 0 bridgehead atoms. The Morgan fingerprint density at radius 1 is 1.37 bits per heavy atom. The Hall–Kier alpha value is -1.18. The van der Waals surface area contributed by atoms with Gasteiger partial charge in [-0.15, -0.1) is 0 Å². The average molecular weight is 327 g/mol. The van der Waals surface area contributed by atoms with E-state index in [4.69, 9.17) is 9.47 Å². The van der Waals surface area contributed by atoms with Crippen molar-refractivity contribution in [1.82, 2.24) is 14.6 Å². The molecule has 0 spiro atoms. The Kier molecular flexibility index (Phi) is 3.95. The average Bonchev–Trinajstić information content (AvgIpc) is 2.66. The fourth-order valence-electron chi connectivity index (χ4n) is 2.06. The van der Waals surface area contributed by atoms with Crippen LogP contribution in [0.3, 0.4) is 0 Å². The number of rotatable bonds is 3. The van der Waals surface area contributed by atoms with Crippen LogP contribution in [0.15, 0.2) is 23.1 Å². The van der Waals surface area contributed by atoms with Gasteiger partial charge in [0.2, 0.25) is 0 Å². The highest BCUT2D eigenvalue weighted by Gasteiger charge is 2.14. The highest BCUT2D eigenvalue weighted by molar-refractivity contribution is 9.10. The van der Waals surface area contributed by atoms with Crippen molar-refractivity contribution >= 4 is 27.3 Å². The highest BCUT2D eigenvalue weighted by Crippen LogP contribution is 2.23. The van der Waals surface area contributed by atoms with E-state index in [1.165, 1.54) is 0 Å². The van der Waals surface area contributed by atoms with Crippen molar-refractivity contribution in [3.05, 3.63) is 23.1 Å². The molecule has 3 rings (SSSR count). The van der Waals surface area contributed by atoms with E-state index in [0.717, 1.165) is 35.6 Å². The Morgan fingerprint density at radius 3 is 2.95 bits per heavy atom. The van der Waals surface area contributed by atoms with Crippen molar-refractivity contribution in [2.45, 2.75) is 0 Å². The Balaban J connectivity index is 1.72. The first kappa shape index (κ1) is 12.8. The lowest BCUT2D eigenvalue weighted by Crippen LogP contribution is -2.22. The minimum atomic E-state index is 0.339. The summed E-state index contributed by atoms with van der Waals surface area (Å²) in [5.74, 6) is 1.15. The Labute approximate surface area is 119 Å². The second-order valence-corrected chi connectivity index (χ2v) is 5.31. The first-order chi connectivity index (χ1) is 9.34. The van der Waals surface area contributed by atoms with Gasteiger partial charge in [-0.2, -0.15) is 5.10 Å². The summed E-state index contributed by atoms with van der Waals surface area (Å²) in [7, 11) is 0. The largest absolute Gasteiger partial charge is 0.379 e. The molecule has 0 radical (unpaired) electrons. The molecule has 2 aromatic heterocycles. The number of hydrogen-bond acceptors (Lipinski definition) is 5. The lowest BCUT2D eigenvalue weighted by atomic mass is 10.2. The van der Waals surface area contributed by atoms with E-state index in [-0.39, 0.29) is 0 Å². The van der Waals surface area contributed by atoms with Crippen LogP contribution in [0.4, 0.5) is 5.82 Å². The van der Waals surface area contributed by atoms with Crippen molar-refractivity contribution in [2.24, 2.45) is 5.92 Å². The molecule has 102 valence electrons. The molecular formula is C12H15BrN4O2. The fourth-order valence-corrected chi connectivity index (χ4v) is 2.52. The molecule has 1 aliphatic rings. The zero-order valence-electron chi connectivity index (χ0n) is 10.4. The van der Waals surface area contributed by atoms with Crippen LogP contribution < -0.4 is 5.32 Å². The van der Waals surface area contributed by atoms with E-state index in [9.17, 15) is 0 Å². The predicted octanol–water partition coefficient (Wildman–Crippen LogP) is 1.57. The summed E-state index contributed by atoms with van der Waals surface area (Å²) in [5, 5.41) is 7.58. The van der Waals surface area contributed by atoms with Crippen LogP contribution in [0.2, 0.25) is 0 Å². The SMILES string of the molecule is Brc1cnn2ccnc(NCC3COCCOC3)c12. The van der Waals surface area contributed by atoms with Gasteiger partial charge in [-0.3, -0.25) is 0 Å². The minimum Gasteiger partial charge on any atom is -0.379 e. The van der Waals surface area contributed by atoms with E-state index >= 15 is 0 Å². The van der Waals surface area contributed by atoms with E-state index in [2.05, 4.69) is 31.3 Å². The molecule has 0 atom stereocenters. The Bertz CT molecular complexity index is 552. The van der Waals surface area contributed by atoms with E-state index in [0.29, 0.717) is 19.1 Å². The zero-order valence-corrected chi connectivity index (χ0v) is 12.0. The number of hydrogen-bond donors (Lipinski definition) is 1. The monoisotopic (exact) mass is 326 g/mol. The van der Waals surface area contributed by atoms with Gasteiger partial charge in [0.05, 0.1) is 37.1 Å². The van der Waals surface area contributed by atoms with Gasteiger partial charge in [0.25, 0.3) is 0 Å². The standard InChI is InChI=1S/C12H15BrN4O2/c13-10-6-16-17-2-1-14-12(11(10)17)15-5-9-7-18-3-4-19-8-9/h1-2,6,9H,3-5,7-8H2,(H,14,15). The van der Waals surface area contributed by atoms with Crippen molar-refractivity contribution in [1.29, 1.82) is 0 Å². The summed E-state index contributed by atoms with van der Waals surface area (Å²) in [4.78, 5) is 4.36. The molecule has 3 heterocycles. The van der Waals surface area contributed by atoms with Gasteiger partial charge in [0.1, 0.15) is 5.52 Å². The smallest absolute Gasteiger partial charge is 0.153 e. The third-order valence-electron chi connectivity index (χ3n) is 3.02. The molecule has 7 heteroatoms. The molecule has 0 unspecified atom stereocenters. The molecule has 1 fully saturated rings. The molecule has 2 aromatic rings. The number of nitrogens with one attached hydrogen (secondary N) is 1. The lowest BCUT2D eigenvalue weighted by Gasteiger charge is -2.14. The number of halogens is 1. The number of ether oxygens (including phenoxy) is 2. The molecule has 1 saturated heterocycles. The minimum absolute atomic E-state index is 0.339. The summed E-state index contributed by atoms with van der Waals surface area (Å²) in [6, 6.07) is 0. The molecule has 19 heavy (non-hydrogen) atoms. The molecule has 0 saturated carbocycles. The zero-order chi connectivity index (χ0) is 13.1. The number of anilines is 1. The summed E-state index contributed by atoms with van der Waals surface area (Å²) < 4.78 is 13.7. The highest BCUT2D eigenvalue weighted by atomic mass is 79.9. The normalized spacial score (nSPS) is 17.5. The Morgan fingerprint density at radius 2 is 2.16 bits per heavy atom. The van der Waals surface area contributed by atoms with Crippen molar-refractivity contribution in [2.75, 3.05) is 38.3 Å².